The Hall–Kier alpha value is -3.34. The molecule has 0 radical (unpaired) electrons. The second-order valence-corrected chi connectivity index (χ2v) is 5.43. The van der Waals surface area contributed by atoms with Crippen LogP contribution in [0.1, 0.15) is 21.7 Å². The molecule has 3 rings (SSSR count). The van der Waals surface area contributed by atoms with E-state index in [-0.39, 0.29) is 5.91 Å². The summed E-state index contributed by atoms with van der Waals surface area (Å²) in [6, 6.07) is 17.2. The van der Waals surface area contributed by atoms with E-state index in [0.717, 1.165) is 22.4 Å². The third kappa shape index (κ3) is 3.77. The van der Waals surface area contributed by atoms with E-state index in [1.54, 1.807) is 19.2 Å². The molecule has 0 saturated carbocycles. The summed E-state index contributed by atoms with van der Waals surface area (Å²) in [5.41, 5.74) is 4.06. The maximum absolute atomic E-state index is 12.5. The average Bonchev–Trinajstić information content (AvgIpc) is 3.07. The lowest BCUT2D eigenvalue weighted by atomic mass is 10.0. The van der Waals surface area contributed by atoms with Crippen molar-refractivity contribution >= 4 is 17.8 Å². The molecule has 126 valence electrons. The van der Waals surface area contributed by atoms with Crippen LogP contribution >= 0.6 is 0 Å². The van der Waals surface area contributed by atoms with Crippen molar-refractivity contribution in [2.24, 2.45) is 5.16 Å². The van der Waals surface area contributed by atoms with Crippen LogP contribution in [0.15, 0.2) is 70.4 Å². The number of carbonyl (C=O) groups excluding carboxylic acids is 1. The third-order valence-corrected chi connectivity index (χ3v) is 3.78. The highest BCUT2D eigenvalue weighted by Gasteiger charge is 2.14. The van der Waals surface area contributed by atoms with E-state index >= 15 is 0 Å². The quantitative estimate of drug-likeness (QED) is 0.552. The Kier molecular flexibility index (Phi) is 4.95. The van der Waals surface area contributed by atoms with Gasteiger partial charge in [0, 0.05) is 11.3 Å². The summed E-state index contributed by atoms with van der Waals surface area (Å²) in [6.07, 6.45) is 3.15. The van der Waals surface area contributed by atoms with Crippen molar-refractivity contribution in [1.82, 2.24) is 0 Å². The van der Waals surface area contributed by atoms with Crippen molar-refractivity contribution in [1.29, 1.82) is 0 Å². The van der Waals surface area contributed by atoms with Gasteiger partial charge in [0.1, 0.15) is 12.9 Å². The van der Waals surface area contributed by atoms with E-state index in [1.165, 1.54) is 13.4 Å². The predicted molar refractivity (Wildman–Crippen MR) is 97.9 cm³/mol. The van der Waals surface area contributed by atoms with Crippen molar-refractivity contribution in [2.75, 3.05) is 12.4 Å². The Balaban J connectivity index is 1.93. The van der Waals surface area contributed by atoms with Crippen LogP contribution in [0, 0.1) is 6.92 Å². The highest BCUT2D eigenvalue weighted by atomic mass is 16.6. The zero-order valence-corrected chi connectivity index (χ0v) is 14.0. The van der Waals surface area contributed by atoms with Gasteiger partial charge < -0.3 is 14.6 Å². The maximum atomic E-state index is 12.5. The van der Waals surface area contributed by atoms with E-state index in [9.17, 15) is 4.79 Å². The number of nitrogens with zero attached hydrogens (tertiary/aromatic N) is 1. The smallest absolute Gasteiger partial charge is 0.259 e. The standard InChI is InChI=1S/C20H18N2O3/c1-14-17(10-11-25-14)20(23)22-19-9-4-3-8-18(19)16-7-5-6-15(12-16)13-21-24-2/h3-13H,1-2H3,(H,22,23)/b21-13+. The molecule has 0 saturated heterocycles. The van der Waals surface area contributed by atoms with E-state index < -0.39 is 0 Å². The molecule has 1 aromatic heterocycles. The molecule has 0 bridgehead atoms. The fourth-order valence-electron chi connectivity index (χ4n) is 2.55. The minimum Gasteiger partial charge on any atom is -0.469 e. The third-order valence-electron chi connectivity index (χ3n) is 3.78. The molecule has 1 N–H and O–H groups in total. The number of benzene rings is 2. The zero-order chi connectivity index (χ0) is 17.6. The van der Waals surface area contributed by atoms with Gasteiger partial charge >= 0.3 is 0 Å². The summed E-state index contributed by atoms with van der Waals surface area (Å²) in [6.45, 7) is 1.76. The molecule has 1 heterocycles. The Morgan fingerprint density at radius 3 is 2.76 bits per heavy atom. The Bertz CT molecular complexity index is 913. The maximum Gasteiger partial charge on any atom is 0.259 e. The number of aryl methyl sites for hydroxylation is 1. The number of anilines is 1. The number of nitrogens with one attached hydrogen (secondary N) is 1. The van der Waals surface area contributed by atoms with Crippen LogP contribution in [0.25, 0.3) is 11.1 Å². The monoisotopic (exact) mass is 334 g/mol. The fraction of sp³-hybridized carbons (Fsp3) is 0.100. The molecule has 0 aliphatic rings. The minimum absolute atomic E-state index is 0.198. The highest BCUT2D eigenvalue weighted by molar-refractivity contribution is 6.06. The number of para-hydroxylation sites is 1. The van der Waals surface area contributed by atoms with E-state index in [1.807, 2.05) is 48.5 Å². The molecule has 0 fully saturated rings. The van der Waals surface area contributed by atoms with Crippen LogP contribution in [-0.4, -0.2) is 19.2 Å². The molecular weight excluding hydrogens is 316 g/mol. The molecular formula is C20H18N2O3. The van der Waals surface area contributed by atoms with Gasteiger partial charge in [-0.15, -0.1) is 0 Å². The Morgan fingerprint density at radius 2 is 2.00 bits per heavy atom. The number of oxime groups is 1. The van der Waals surface area contributed by atoms with Gasteiger partial charge in [-0.05, 0) is 36.2 Å². The van der Waals surface area contributed by atoms with Gasteiger partial charge in [0.05, 0.1) is 18.0 Å². The molecule has 1 amide bonds. The first kappa shape index (κ1) is 16.5. The fourth-order valence-corrected chi connectivity index (χ4v) is 2.55. The number of amides is 1. The van der Waals surface area contributed by atoms with E-state index in [4.69, 9.17) is 9.25 Å². The van der Waals surface area contributed by atoms with Crippen LogP contribution in [-0.2, 0) is 4.84 Å². The normalized spacial score (nSPS) is 10.8. The molecule has 0 aliphatic carbocycles. The van der Waals surface area contributed by atoms with Crippen molar-refractivity contribution < 1.29 is 14.0 Å². The second kappa shape index (κ2) is 7.49. The lowest BCUT2D eigenvalue weighted by Crippen LogP contribution is -2.12. The summed E-state index contributed by atoms with van der Waals surface area (Å²) in [5.74, 6) is 0.392. The number of carbonyl (C=O) groups is 1. The lowest BCUT2D eigenvalue weighted by Gasteiger charge is -2.11. The number of rotatable bonds is 5. The molecule has 0 spiro atoms. The second-order valence-electron chi connectivity index (χ2n) is 5.43. The van der Waals surface area contributed by atoms with E-state index in [2.05, 4.69) is 10.5 Å². The van der Waals surface area contributed by atoms with Crippen LogP contribution in [0.4, 0.5) is 5.69 Å². The molecule has 5 nitrogen and oxygen atoms in total. The van der Waals surface area contributed by atoms with Gasteiger partial charge in [-0.1, -0.05) is 41.6 Å². The summed E-state index contributed by atoms with van der Waals surface area (Å²) in [4.78, 5) is 17.2. The average molecular weight is 334 g/mol. The van der Waals surface area contributed by atoms with Crippen molar-refractivity contribution in [3.05, 3.63) is 77.7 Å². The topological polar surface area (TPSA) is 63.8 Å². The summed E-state index contributed by atoms with van der Waals surface area (Å²) in [7, 11) is 1.50. The number of hydrogen-bond acceptors (Lipinski definition) is 4. The van der Waals surface area contributed by atoms with Crippen molar-refractivity contribution in [3.63, 3.8) is 0 Å². The van der Waals surface area contributed by atoms with Crippen LogP contribution < -0.4 is 5.32 Å². The number of furan rings is 1. The molecule has 0 atom stereocenters. The number of hydrogen-bond donors (Lipinski definition) is 1. The highest BCUT2D eigenvalue weighted by Crippen LogP contribution is 2.29. The van der Waals surface area contributed by atoms with Gasteiger partial charge in [0.25, 0.3) is 5.91 Å². The SMILES string of the molecule is CO/N=C/c1cccc(-c2ccccc2NC(=O)c2ccoc2C)c1. The first-order valence-corrected chi connectivity index (χ1v) is 7.80. The minimum atomic E-state index is -0.198. The van der Waals surface area contributed by atoms with Gasteiger partial charge in [-0.3, -0.25) is 4.79 Å². The van der Waals surface area contributed by atoms with Gasteiger partial charge in [-0.25, -0.2) is 0 Å². The van der Waals surface area contributed by atoms with E-state index in [0.29, 0.717) is 11.3 Å². The molecule has 2 aromatic carbocycles. The molecule has 0 aliphatic heterocycles. The van der Waals surface area contributed by atoms with Crippen LogP contribution in [0.5, 0.6) is 0 Å². The first-order chi connectivity index (χ1) is 12.2. The predicted octanol–water partition coefficient (Wildman–Crippen LogP) is 4.49. The summed E-state index contributed by atoms with van der Waals surface area (Å²) in [5, 5.41) is 6.74. The first-order valence-electron chi connectivity index (χ1n) is 7.80. The van der Waals surface area contributed by atoms with Crippen LogP contribution in [0.2, 0.25) is 0 Å². The Labute approximate surface area is 145 Å². The van der Waals surface area contributed by atoms with Gasteiger partial charge in [0.15, 0.2) is 0 Å². The summed E-state index contributed by atoms with van der Waals surface area (Å²) >= 11 is 0. The molecule has 0 unspecified atom stereocenters. The molecule has 25 heavy (non-hydrogen) atoms. The zero-order valence-electron chi connectivity index (χ0n) is 14.0. The van der Waals surface area contributed by atoms with Gasteiger partial charge in [0.2, 0.25) is 0 Å². The largest absolute Gasteiger partial charge is 0.469 e. The lowest BCUT2D eigenvalue weighted by molar-refractivity contribution is 0.102. The van der Waals surface area contributed by atoms with Crippen molar-refractivity contribution in [3.8, 4) is 11.1 Å². The van der Waals surface area contributed by atoms with Crippen molar-refractivity contribution in [2.45, 2.75) is 6.92 Å². The summed E-state index contributed by atoms with van der Waals surface area (Å²) < 4.78 is 5.20. The Morgan fingerprint density at radius 1 is 1.16 bits per heavy atom. The molecule has 3 aromatic rings. The van der Waals surface area contributed by atoms with Gasteiger partial charge in [-0.2, -0.15) is 0 Å². The van der Waals surface area contributed by atoms with Crippen LogP contribution in [0.3, 0.4) is 0 Å². The molecule has 5 heteroatoms.